The number of nitrogens with two attached hydrogens (primary N) is 1. The normalized spacial score (nSPS) is 11.1. The molecule has 23 heavy (non-hydrogen) atoms. The zero-order chi connectivity index (χ0) is 16.0. The molecule has 0 aliphatic heterocycles. The van der Waals surface area contributed by atoms with E-state index in [2.05, 4.69) is 49.5 Å². The maximum atomic E-state index is 12.2. The molecule has 2 rings (SSSR count). The number of benzene rings is 2. The van der Waals surface area contributed by atoms with Crippen molar-refractivity contribution in [3.8, 4) is 0 Å². The lowest BCUT2D eigenvalue weighted by Gasteiger charge is -2.31. The Hall–Kier alpha value is -1.58. The number of fused-ring (bicyclic) bond motifs is 1. The Morgan fingerprint density at radius 2 is 1.74 bits per heavy atom. The maximum Gasteiger partial charge on any atom is 0.220 e. The fraction of sp³-hybridized carbons (Fsp3) is 0.421. The Labute approximate surface area is 145 Å². The predicted molar refractivity (Wildman–Crippen MR) is 100 cm³/mol. The smallest absolute Gasteiger partial charge is 0.220 e. The van der Waals surface area contributed by atoms with Crippen LogP contribution < -0.4 is 11.1 Å². The second-order valence-corrected chi connectivity index (χ2v) is 5.92. The number of carbonyl (C=O) groups excluding carboxylic acids is 1. The summed E-state index contributed by atoms with van der Waals surface area (Å²) < 4.78 is 0. The molecule has 0 spiro atoms. The first-order chi connectivity index (χ1) is 10.6. The molecule has 1 amide bonds. The van der Waals surface area contributed by atoms with Crippen LogP contribution in [0.25, 0.3) is 10.8 Å². The second kappa shape index (κ2) is 8.90. The minimum Gasteiger partial charge on any atom is -0.349 e. The highest BCUT2D eigenvalue weighted by molar-refractivity contribution is 5.85. The summed E-state index contributed by atoms with van der Waals surface area (Å²) in [5.74, 6) is 0.0855. The number of amides is 1. The molecule has 0 bridgehead atoms. The number of rotatable bonds is 7. The van der Waals surface area contributed by atoms with Crippen molar-refractivity contribution in [3.63, 3.8) is 0 Å². The molecule has 0 atom stereocenters. The molecular formula is C19H27ClN2O. The Morgan fingerprint density at radius 1 is 1.09 bits per heavy atom. The van der Waals surface area contributed by atoms with Crippen LogP contribution in [0, 0.1) is 0 Å². The first kappa shape index (κ1) is 19.5. The Balaban J connectivity index is 0.00000264. The molecule has 0 radical (unpaired) electrons. The molecule has 3 nitrogen and oxygen atoms in total. The minimum absolute atomic E-state index is 0. The average molecular weight is 335 g/mol. The first-order valence-electron chi connectivity index (χ1n) is 8.11. The van der Waals surface area contributed by atoms with E-state index in [0.29, 0.717) is 13.0 Å². The van der Waals surface area contributed by atoms with Gasteiger partial charge in [0.25, 0.3) is 0 Å². The van der Waals surface area contributed by atoms with Crippen LogP contribution in [0.2, 0.25) is 0 Å². The van der Waals surface area contributed by atoms with Crippen molar-refractivity contribution in [2.75, 3.05) is 6.54 Å². The lowest BCUT2D eigenvalue weighted by atomic mass is 9.92. The van der Waals surface area contributed by atoms with E-state index in [1.165, 1.54) is 16.3 Å². The highest BCUT2D eigenvalue weighted by atomic mass is 35.5. The highest BCUT2D eigenvalue weighted by Gasteiger charge is 2.25. The third-order valence-corrected chi connectivity index (χ3v) is 4.60. The van der Waals surface area contributed by atoms with E-state index >= 15 is 0 Å². The monoisotopic (exact) mass is 334 g/mol. The van der Waals surface area contributed by atoms with Crippen molar-refractivity contribution in [2.45, 2.75) is 45.1 Å². The fourth-order valence-electron chi connectivity index (χ4n) is 2.78. The molecule has 126 valence electrons. The second-order valence-electron chi connectivity index (χ2n) is 5.92. The number of aryl methyl sites for hydroxylation is 1. The van der Waals surface area contributed by atoms with Crippen LogP contribution in [0.1, 0.15) is 38.7 Å². The van der Waals surface area contributed by atoms with Gasteiger partial charge in [-0.3, -0.25) is 4.79 Å². The lowest BCUT2D eigenvalue weighted by Crippen LogP contribution is -2.52. The van der Waals surface area contributed by atoms with Crippen LogP contribution in [0.15, 0.2) is 42.5 Å². The van der Waals surface area contributed by atoms with Gasteiger partial charge in [-0.2, -0.15) is 0 Å². The van der Waals surface area contributed by atoms with E-state index in [0.717, 1.165) is 19.3 Å². The molecule has 0 heterocycles. The van der Waals surface area contributed by atoms with Crippen molar-refractivity contribution < 1.29 is 4.79 Å². The van der Waals surface area contributed by atoms with Crippen LogP contribution in [0.5, 0.6) is 0 Å². The molecule has 2 aromatic carbocycles. The summed E-state index contributed by atoms with van der Waals surface area (Å²) in [6.45, 7) is 4.63. The molecule has 0 aliphatic rings. The maximum absolute atomic E-state index is 12.2. The quantitative estimate of drug-likeness (QED) is 0.808. The number of hydrogen-bond donors (Lipinski definition) is 2. The van der Waals surface area contributed by atoms with E-state index in [9.17, 15) is 4.79 Å². The zero-order valence-electron chi connectivity index (χ0n) is 14.0. The van der Waals surface area contributed by atoms with Crippen LogP contribution in [0.3, 0.4) is 0 Å². The number of halogens is 1. The summed E-state index contributed by atoms with van der Waals surface area (Å²) in [5.41, 5.74) is 6.78. The molecule has 0 unspecified atom stereocenters. The van der Waals surface area contributed by atoms with Crippen LogP contribution in [-0.2, 0) is 11.2 Å². The molecule has 0 saturated heterocycles. The predicted octanol–water partition coefficient (Wildman–Crippen LogP) is 3.83. The molecule has 0 aliphatic carbocycles. The SMILES string of the molecule is CCC(CC)(CN)NC(=O)CCc1ccc2ccccc2c1.Cl. The van der Waals surface area contributed by atoms with E-state index in [1.54, 1.807) is 0 Å². The van der Waals surface area contributed by atoms with Gasteiger partial charge in [0.1, 0.15) is 0 Å². The van der Waals surface area contributed by atoms with E-state index in [4.69, 9.17) is 5.73 Å². The van der Waals surface area contributed by atoms with Gasteiger partial charge in [-0.05, 0) is 35.6 Å². The summed E-state index contributed by atoms with van der Waals surface area (Å²) in [5, 5.41) is 5.58. The third kappa shape index (κ3) is 4.95. The van der Waals surface area contributed by atoms with Gasteiger partial charge in [0.2, 0.25) is 5.91 Å². The lowest BCUT2D eigenvalue weighted by molar-refractivity contribution is -0.123. The van der Waals surface area contributed by atoms with Crippen LogP contribution in [0.4, 0.5) is 0 Å². The average Bonchev–Trinajstić information content (AvgIpc) is 2.58. The van der Waals surface area contributed by atoms with Gasteiger partial charge in [0.05, 0.1) is 5.54 Å². The summed E-state index contributed by atoms with van der Waals surface area (Å²) >= 11 is 0. The van der Waals surface area contributed by atoms with Crippen molar-refractivity contribution >= 4 is 29.1 Å². The molecule has 3 N–H and O–H groups in total. The molecule has 0 aromatic heterocycles. The standard InChI is InChI=1S/C19H26N2O.ClH/c1-3-19(4-2,14-20)21-18(22)12-10-15-9-11-16-7-5-6-8-17(16)13-15;/h5-9,11,13H,3-4,10,12,14,20H2,1-2H3,(H,21,22);1H. The van der Waals surface area contributed by atoms with Crippen molar-refractivity contribution in [3.05, 3.63) is 48.0 Å². The zero-order valence-corrected chi connectivity index (χ0v) is 14.8. The molecule has 0 fully saturated rings. The highest BCUT2D eigenvalue weighted by Crippen LogP contribution is 2.17. The van der Waals surface area contributed by atoms with Crippen molar-refractivity contribution in [1.82, 2.24) is 5.32 Å². The third-order valence-electron chi connectivity index (χ3n) is 4.60. The van der Waals surface area contributed by atoms with Crippen LogP contribution >= 0.6 is 12.4 Å². The minimum atomic E-state index is -0.250. The summed E-state index contributed by atoms with van der Waals surface area (Å²) in [6.07, 6.45) is 2.98. The fourth-order valence-corrected chi connectivity index (χ4v) is 2.78. The largest absolute Gasteiger partial charge is 0.349 e. The Kier molecular flexibility index (Phi) is 7.53. The first-order valence-corrected chi connectivity index (χ1v) is 8.11. The van der Waals surface area contributed by atoms with Gasteiger partial charge in [0.15, 0.2) is 0 Å². The number of nitrogens with one attached hydrogen (secondary N) is 1. The number of carbonyl (C=O) groups is 1. The summed E-state index contributed by atoms with van der Waals surface area (Å²) in [4.78, 5) is 12.2. The van der Waals surface area contributed by atoms with E-state index in [1.807, 2.05) is 12.1 Å². The summed E-state index contributed by atoms with van der Waals surface area (Å²) in [6, 6.07) is 14.7. The molecule has 2 aromatic rings. The van der Waals surface area contributed by atoms with E-state index < -0.39 is 0 Å². The molecular weight excluding hydrogens is 308 g/mol. The van der Waals surface area contributed by atoms with E-state index in [-0.39, 0.29) is 23.9 Å². The van der Waals surface area contributed by atoms with Gasteiger partial charge in [-0.25, -0.2) is 0 Å². The van der Waals surface area contributed by atoms with Crippen molar-refractivity contribution in [1.29, 1.82) is 0 Å². The van der Waals surface area contributed by atoms with Gasteiger partial charge >= 0.3 is 0 Å². The Bertz CT molecular complexity index is 630. The van der Waals surface area contributed by atoms with Crippen LogP contribution in [-0.4, -0.2) is 18.0 Å². The Morgan fingerprint density at radius 3 is 2.35 bits per heavy atom. The van der Waals surface area contributed by atoms with Crippen molar-refractivity contribution in [2.24, 2.45) is 5.73 Å². The van der Waals surface area contributed by atoms with Gasteiger partial charge in [-0.1, -0.05) is 56.3 Å². The van der Waals surface area contributed by atoms with Gasteiger partial charge in [-0.15, -0.1) is 12.4 Å². The molecule has 0 saturated carbocycles. The topological polar surface area (TPSA) is 55.1 Å². The van der Waals surface area contributed by atoms with Gasteiger partial charge < -0.3 is 11.1 Å². The number of hydrogen-bond acceptors (Lipinski definition) is 2. The van der Waals surface area contributed by atoms with Gasteiger partial charge in [0, 0.05) is 13.0 Å². The summed E-state index contributed by atoms with van der Waals surface area (Å²) in [7, 11) is 0. The molecule has 4 heteroatoms.